The van der Waals surface area contributed by atoms with Gasteiger partial charge in [0.15, 0.2) is 5.88 Å². The van der Waals surface area contributed by atoms with Crippen molar-refractivity contribution in [1.29, 1.82) is 0 Å². The lowest BCUT2D eigenvalue weighted by Gasteiger charge is -2.00. The summed E-state index contributed by atoms with van der Waals surface area (Å²) in [6.45, 7) is 2.19. The summed E-state index contributed by atoms with van der Waals surface area (Å²) < 4.78 is 0. The third-order valence-electron chi connectivity index (χ3n) is 2.54. The summed E-state index contributed by atoms with van der Waals surface area (Å²) in [7, 11) is 0. The first kappa shape index (κ1) is 9.13. The molecule has 0 spiro atoms. The van der Waals surface area contributed by atoms with E-state index < -0.39 is 0 Å². The molecule has 2 nitrogen and oxygen atoms in total. The first-order valence-corrected chi connectivity index (χ1v) is 5.11. The molecule has 2 heteroatoms. The second-order valence-electron chi connectivity index (χ2n) is 3.64. The fraction of sp³-hybridized carbons (Fsp3) is 0.333. The number of hydrogen-bond acceptors (Lipinski definition) is 1. The van der Waals surface area contributed by atoms with Gasteiger partial charge in [0.25, 0.3) is 0 Å². The highest BCUT2D eigenvalue weighted by molar-refractivity contribution is 5.84. The van der Waals surface area contributed by atoms with Crippen LogP contribution in [0.25, 0.3) is 10.9 Å². The number of nitrogens with one attached hydrogen (secondary N) is 1. The number of rotatable bonds is 3. The largest absolute Gasteiger partial charge is 0.495 e. The minimum absolute atomic E-state index is 0.254. The van der Waals surface area contributed by atoms with Crippen molar-refractivity contribution >= 4 is 10.9 Å². The molecule has 0 saturated heterocycles. The summed E-state index contributed by atoms with van der Waals surface area (Å²) in [5.74, 6) is 0.254. The zero-order chi connectivity index (χ0) is 9.97. The predicted molar refractivity (Wildman–Crippen MR) is 58.6 cm³/mol. The van der Waals surface area contributed by atoms with E-state index in [1.807, 2.05) is 12.1 Å². The number of hydrogen-bond donors (Lipinski definition) is 2. The molecule has 0 aliphatic carbocycles. The maximum absolute atomic E-state index is 9.35. The predicted octanol–water partition coefficient (Wildman–Crippen LogP) is 3.22. The molecule has 0 aliphatic rings. The summed E-state index contributed by atoms with van der Waals surface area (Å²) >= 11 is 0. The van der Waals surface area contributed by atoms with Gasteiger partial charge in [-0.2, -0.15) is 0 Å². The van der Waals surface area contributed by atoms with Gasteiger partial charge < -0.3 is 10.1 Å². The highest BCUT2D eigenvalue weighted by atomic mass is 16.3. The summed E-state index contributed by atoms with van der Waals surface area (Å²) in [6, 6.07) is 7.96. The third kappa shape index (κ3) is 1.60. The molecule has 0 fully saturated rings. The van der Waals surface area contributed by atoms with Crippen molar-refractivity contribution in [2.24, 2.45) is 0 Å². The van der Waals surface area contributed by atoms with Crippen LogP contribution in [0.2, 0.25) is 0 Å². The molecule has 0 bridgehead atoms. The van der Waals surface area contributed by atoms with Gasteiger partial charge in [0.1, 0.15) is 0 Å². The summed E-state index contributed by atoms with van der Waals surface area (Å²) in [4.78, 5) is 2.93. The average Bonchev–Trinajstić information content (AvgIpc) is 2.55. The fourth-order valence-electron chi connectivity index (χ4n) is 1.79. The minimum Gasteiger partial charge on any atom is -0.495 e. The fourth-order valence-corrected chi connectivity index (χ4v) is 1.79. The van der Waals surface area contributed by atoms with E-state index in [2.05, 4.69) is 18.0 Å². The van der Waals surface area contributed by atoms with E-state index in [1.165, 1.54) is 18.4 Å². The first-order chi connectivity index (χ1) is 6.81. The van der Waals surface area contributed by atoms with Crippen molar-refractivity contribution in [1.82, 2.24) is 4.98 Å². The van der Waals surface area contributed by atoms with Crippen LogP contribution < -0.4 is 0 Å². The molecule has 0 radical (unpaired) electrons. The van der Waals surface area contributed by atoms with Crippen LogP contribution in [0.4, 0.5) is 0 Å². The van der Waals surface area contributed by atoms with E-state index in [0.717, 1.165) is 17.3 Å². The molecule has 0 atom stereocenters. The topological polar surface area (TPSA) is 36.0 Å². The van der Waals surface area contributed by atoms with Gasteiger partial charge in [-0.1, -0.05) is 25.5 Å². The van der Waals surface area contributed by atoms with Crippen molar-refractivity contribution in [2.75, 3.05) is 0 Å². The van der Waals surface area contributed by atoms with Crippen LogP contribution in [-0.2, 0) is 6.42 Å². The second kappa shape index (κ2) is 3.74. The molecule has 1 aromatic heterocycles. The lowest BCUT2D eigenvalue weighted by atomic mass is 10.0. The number of aromatic amines is 1. The quantitative estimate of drug-likeness (QED) is 0.764. The number of aromatic nitrogens is 1. The molecule has 0 aliphatic heterocycles. The van der Waals surface area contributed by atoms with E-state index in [4.69, 9.17) is 0 Å². The maximum atomic E-state index is 9.35. The smallest absolute Gasteiger partial charge is 0.189 e. The summed E-state index contributed by atoms with van der Waals surface area (Å²) in [5, 5.41) is 10.5. The molecule has 14 heavy (non-hydrogen) atoms. The Kier molecular flexibility index (Phi) is 2.44. The highest BCUT2D eigenvalue weighted by Gasteiger charge is 2.03. The van der Waals surface area contributed by atoms with Gasteiger partial charge in [0.2, 0.25) is 0 Å². The third-order valence-corrected chi connectivity index (χ3v) is 2.54. The van der Waals surface area contributed by atoms with Gasteiger partial charge in [0, 0.05) is 17.0 Å². The van der Waals surface area contributed by atoms with Crippen molar-refractivity contribution < 1.29 is 5.11 Å². The molecule has 74 valence electrons. The first-order valence-electron chi connectivity index (χ1n) is 5.11. The van der Waals surface area contributed by atoms with E-state index in [0.29, 0.717) is 0 Å². The zero-order valence-electron chi connectivity index (χ0n) is 8.38. The van der Waals surface area contributed by atoms with Gasteiger partial charge in [0.05, 0.1) is 0 Å². The van der Waals surface area contributed by atoms with Gasteiger partial charge in [-0.3, -0.25) is 0 Å². The second-order valence-corrected chi connectivity index (χ2v) is 3.64. The Morgan fingerprint density at radius 1 is 1.36 bits per heavy atom. The number of unbranched alkanes of at least 4 members (excludes halogenated alkanes) is 1. The van der Waals surface area contributed by atoms with E-state index >= 15 is 0 Å². The van der Waals surface area contributed by atoms with Crippen molar-refractivity contribution in [2.45, 2.75) is 26.2 Å². The molecule has 1 aromatic carbocycles. The molecule has 0 unspecified atom stereocenters. The van der Waals surface area contributed by atoms with Crippen molar-refractivity contribution in [3.05, 3.63) is 29.8 Å². The van der Waals surface area contributed by atoms with Gasteiger partial charge >= 0.3 is 0 Å². The summed E-state index contributed by atoms with van der Waals surface area (Å²) in [5.41, 5.74) is 2.34. The molecule has 2 aromatic rings. The molecule has 0 amide bonds. The Hall–Kier alpha value is -1.44. The van der Waals surface area contributed by atoms with Crippen LogP contribution in [0.5, 0.6) is 5.88 Å². The van der Waals surface area contributed by atoms with Crippen molar-refractivity contribution in [3.63, 3.8) is 0 Å². The van der Waals surface area contributed by atoms with Crippen LogP contribution in [-0.4, -0.2) is 10.1 Å². The number of aryl methyl sites for hydroxylation is 1. The Labute approximate surface area is 83.6 Å². The number of benzene rings is 1. The lowest BCUT2D eigenvalue weighted by molar-refractivity contribution is 0.458. The Bertz CT molecular complexity index is 431. The van der Waals surface area contributed by atoms with E-state index in [9.17, 15) is 5.11 Å². The Morgan fingerprint density at radius 2 is 2.21 bits per heavy atom. The Morgan fingerprint density at radius 3 is 3.00 bits per heavy atom. The average molecular weight is 189 g/mol. The van der Waals surface area contributed by atoms with Gasteiger partial charge in [-0.05, 0) is 24.5 Å². The maximum Gasteiger partial charge on any atom is 0.189 e. The van der Waals surface area contributed by atoms with Gasteiger partial charge in [-0.15, -0.1) is 0 Å². The number of H-pyrrole nitrogens is 1. The van der Waals surface area contributed by atoms with Crippen LogP contribution in [0.15, 0.2) is 24.3 Å². The molecule has 2 N–H and O–H groups in total. The zero-order valence-corrected chi connectivity index (χ0v) is 8.38. The lowest BCUT2D eigenvalue weighted by Crippen LogP contribution is -1.84. The molecule has 1 heterocycles. The molecular weight excluding hydrogens is 174 g/mol. The summed E-state index contributed by atoms with van der Waals surface area (Å²) in [6.07, 6.45) is 3.49. The minimum atomic E-state index is 0.254. The van der Waals surface area contributed by atoms with Crippen LogP contribution in [0, 0.1) is 0 Å². The molecule has 0 saturated carbocycles. The number of aromatic hydroxyl groups is 1. The highest BCUT2D eigenvalue weighted by Crippen LogP contribution is 2.24. The van der Waals surface area contributed by atoms with Crippen LogP contribution >= 0.6 is 0 Å². The standard InChI is InChI=1S/C12H15NO/c1-2-3-5-9-6-4-7-11-10(9)8-12(14)13-11/h4,6-8,13-14H,2-3,5H2,1H3. The Balaban J connectivity index is 2.42. The van der Waals surface area contributed by atoms with Crippen LogP contribution in [0.3, 0.4) is 0 Å². The van der Waals surface area contributed by atoms with E-state index in [-0.39, 0.29) is 5.88 Å². The van der Waals surface area contributed by atoms with Gasteiger partial charge in [-0.25, -0.2) is 0 Å². The van der Waals surface area contributed by atoms with Crippen molar-refractivity contribution in [3.8, 4) is 5.88 Å². The van der Waals surface area contributed by atoms with Crippen LogP contribution in [0.1, 0.15) is 25.3 Å². The molecular formula is C12H15NO. The monoisotopic (exact) mass is 189 g/mol. The SMILES string of the molecule is CCCCc1cccc2[nH]c(O)cc12. The normalized spacial score (nSPS) is 10.9. The molecule has 2 rings (SSSR count). The number of fused-ring (bicyclic) bond motifs is 1. The van der Waals surface area contributed by atoms with E-state index in [1.54, 1.807) is 6.07 Å².